The summed E-state index contributed by atoms with van der Waals surface area (Å²) in [6, 6.07) is 17.3. The molecule has 0 saturated carbocycles. The van der Waals surface area contributed by atoms with Crippen LogP contribution >= 0.6 is 0 Å². The standard InChI is InChI=1S/C25H30N2O6S/c1-15(28)23-21(26)12-11-19(24(23)29)25(34(27,30)31)20(13-16-7-5-4-6-8-16)18-10-9-17(32-2)14-22(18)33-3/h4-12,14-15,20,25,28-29H,13,26H2,1-3H3,(H2,27,30,31). The van der Waals surface area contributed by atoms with Gasteiger partial charge < -0.3 is 25.4 Å². The lowest BCUT2D eigenvalue weighted by atomic mass is 9.84. The average molecular weight is 487 g/mol. The molecule has 182 valence electrons. The number of sulfonamides is 1. The van der Waals surface area contributed by atoms with Crippen LogP contribution in [0.4, 0.5) is 5.69 Å². The van der Waals surface area contributed by atoms with Crippen LogP contribution in [-0.4, -0.2) is 32.9 Å². The zero-order valence-electron chi connectivity index (χ0n) is 19.3. The quantitative estimate of drug-likeness (QED) is 0.339. The molecule has 3 aromatic carbocycles. The first-order valence-electron chi connectivity index (χ1n) is 10.6. The number of hydrogen-bond donors (Lipinski definition) is 4. The Bertz CT molecular complexity index is 1250. The van der Waals surface area contributed by atoms with Crippen molar-refractivity contribution in [2.75, 3.05) is 20.0 Å². The molecule has 0 aliphatic heterocycles. The molecule has 0 aromatic heterocycles. The fourth-order valence-electron chi connectivity index (χ4n) is 4.30. The third kappa shape index (κ3) is 5.27. The molecule has 0 aliphatic rings. The Hall–Kier alpha value is -3.27. The largest absolute Gasteiger partial charge is 0.507 e. The number of ether oxygens (including phenoxy) is 2. The van der Waals surface area contributed by atoms with Crippen LogP contribution in [-0.2, 0) is 16.4 Å². The summed E-state index contributed by atoms with van der Waals surface area (Å²) >= 11 is 0. The predicted molar refractivity (Wildman–Crippen MR) is 131 cm³/mol. The van der Waals surface area contributed by atoms with Crippen molar-refractivity contribution in [3.8, 4) is 17.2 Å². The van der Waals surface area contributed by atoms with Crippen LogP contribution in [0.25, 0.3) is 0 Å². The van der Waals surface area contributed by atoms with E-state index in [0.717, 1.165) is 5.56 Å². The first kappa shape index (κ1) is 25.4. The van der Waals surface area contributed by atoms with E-state index in [0.29, 0.717) is 17.1 Å². The van der Waals surface area contributed by atoms with Gasteiger partial charge in [-0.2, -0.15) is 0 Å². The minimum atomic E-state index is -4.27. The number of benzene rings is 3. The van der Waals surface area contributed by atoms with E-state index >= 15 is 0 Å². The van der Waals surface area contributed by atoms with E-state index in [1.807, 2.05) is 30.3 Å². The van der Waals surface area contributed by atoms with Crippen LogP contribution in [0.5, 0.6) is 17.2 Å². The summed E-state index contributed by atoms with van der Waals surface area (Å²) in [5.41, 5.74) is 7.63. The van der Waals surface area contributed by atoms with Gasteiger partial charge in [0.25, 0.3) is 0 Å². The molecular weight excluding hydrogens is 456 g/mol. The van der Waals surface area contributed by atoms with Gasteiger partial charge in [-0.3, -0.25) is 0 Å². The molecule has 0 bridgehead atoms. The minimum absolute atomic E-state index is 0.0475. The Balaban J connectivity index is 2.31. The second kappa shape index (κ2) is 10.3. The van der Waals surface area contributed by atoms with Gasteiger partial charge >= 0.3 is 0 Å². The van der Waals surface area contributed by atoms with Crippen LogP contribution in [0, 0.1) is 0 Å². The van der Waals surface area contributed by atoms with Gasteiger partial charge in [0, 0.05) is 28.8 Å². The maximum absolute atomic E-state index is 13.1. The lowest BCUT2D eigenvalue weighted by Gasteiger charge is -2.29. The van der Waals surface area contributed by atoms with Gasteiger partial charge in [0.05, 0.1) is 20.3 Å². The van der Waals surface area contributed by atoms with Crippen molar-refractivity contribution in [1.29, 1.82) is 0 Å². The summed E-state index contributed by atoms with van der Waals surface area (Å²) in [4.78, 5) is 0. The van der Waals surface area contributed by atoms with E-state index in [9.17, 15) is 18.6 Å². The first-order chi connectivity index (χ1) is 16.1. The molecule has 34 heavy (non-hydrogen) atoms. The maximum Gasteiger partial charge on any atom is 0.216 e. The zero-order valence-corrected chi connectivity index (χ0v) is 20.1. The van der Waals surface area contributed by atoms with Crippen LogP contribution in [0.3, 0.4) is 0 Å². The summed E-state index contributed by atoms with van der Waals surface area (Å²) < 4.78 is 37.0. The molecule has 0 aliphatic carbocycles. The van der Waals surface area contributed by atoms with Crippen molar-refractivity contribution in [2.24, 2.45) is 5.14 Å². The zero-order chi connectivity index (χ0) is 25.0. The fourth-order valence-corrected chi connectivity index (χ4v) is 5.55. The van der Waals surface area contributed by atoms with Gasteiger partial charge in [-0.25, -0.2) is 13.6 Å². The lowest BCUT2D eigenvalue weighted by Crippen LogP contribution is -2.29. The highest BCUT2D eigenvalue weighted by atomic mass is 32.2. The molecule has 8 nitrogen and oxygen atoms in total. The third-order valence-electron chi connectivity index (χ3n) is 5.86. The Morgan fingerprint density at radius 3 is 2.18 bits per heavy atom. The van der Waals surface area contributed by atoms with Gasteiger partial charge in [0.1, 0.15) is 22.5 Å². The second-order valence-corrected chi connectivity index (χ2v) is 9.78. The van der Waals surface area contributed by atoms with Crippen molar-refractivity contribution < 1.29 is 28.1 Å². The van der Waals surface area contributed by atoms with Gasteiger partial charge in [0.15, 0.2) is 0 Å². The highest BCUT2D eigenvalue weighted by Crippen LogP contribution is 2.47. The summed E-state index contributed by atoms with van der Waals surface area (Å²) in [6.45, 7) is 1.44. The van der Waals surface area contributed by atoms with Crippen molar-refractivity contribution in [1.82, 2.24) is 0 Å². The lowest BCUT2D eigenvalue weighted by molar-refractivity contribution is 0.195. The number of rotatable bonds is 9. The van der Waals surface area contributed by atoms with Gasteiger partial charge in [0.2, 0.25) is 10.0 Å². The van der Waals surface area contributed by atoms with Crippen LogP contribution in [0.2, 0.25) is 0 Å². The molecule has 6 N–H and O–H groups in total. The number of aliphatic hydroxyl groups is 1. The summed E-state index contributed by atoms with van der Waals surface area (Å²) in [5, 5.41) is 25.6. The number of methoxy groups -OCH3 is 2. The number of aromatic hydroxyl groups is 1. The van der Waals surface area contributed by atoms with E-state index in [1.54, 1.807) is 18.2 Å². The van der Waals surface area contributed by atoms with Crippen molar-refractivity contribution in [3.63, 3.8) is 0 Å². The molecule has 0 radical (unpaired) electrons. The number of nitrogen functional groups attached to an aromatic ring is 1. The Labute approximate surface area is 199 Å². The molecule has 3 rings (SSSR count). The Morgan fingerprint density at radius 2 is 1.62 bits per heavy atom. The number of primary sulfonamides is 1. The van der Waals surface area contributed by atoms with Crippen molar-refractivity contribution in [2.45, 2.75) is 30.6 Å². The van der Waals surface area contributed by atoms with Crippen molar-refractivity contribution in [3.05, 3.63) is 82.9 Å². The minimum Gasteiger partial charge on any atom is -0.507 e. The number of phenols is 1. The van der Waals surface area contributed by atoms with Gasteiger partial charge in [-0.1, -0.05) is 42.5 Å². The normalized spacial score (nSPS) is 14.3. The molecular formula is C25H30N2O6S. The Morgan fingerprint density at radius 1 is 0.971 bits per heavy atom. The second-order valence-electron chi connectivity index (χ2n) is 8.10. The number of aliphatic hydroxyl groups excluding tert-OH is 1. The molecule has 0 fully saturated rings. The number of nitrogens with two attached hydrogens (primary N) is 2. The number of phenolic OH excluding ortho intramolecular Hbond substituents is 1. The monoisotopic (exact) mass is 486 g/mol. The summed E-state index contributed by atoms with van der Waals surface area (Å²) in [7, 11) is -1.27. The smallest absolute Gasteiger partial charge is 0.216 e. The molecule has 3 atom stereocenters. The average Bonchev–Trinajstić information content (AvgIpc) is 2.79. The highest BCUT2D eigenvalue weighted by molar-refractivity contribution is 7.89. The van der Waals surface area contributed by atoms with Gasteiger partial charge in [-0.15, -0.1) is 0 Å². The maximum atomic E-state index is 13.1. The van der Waals surface area contributed by atoms with Crippen LogP contribution < -0.4 is 20.3 Å². The molecule has 3 aromatic rings. The number of hydrogen-bond acceptors (Lipinski definition) is 7. The Kier molecular flexibility index (Phi) is 7.71. The van der Waals surface area contributed by atoms with E-state index < -0.39 is 33.0 Å². The molecule has 9 heteroatoms. The molecule has 3 unspecified atom stereocenters. The van der Waals surface area contributed by atoms with Crippen LogP contribution in [0.15, 0.2) is 60.7 Å². The molecule has 0 amide bonds. The number of anilines is 1. The van der Waals surface area contributed by atoms with Crippen molar-refractivity contribution >= 4 is 15.7 Å². The summed E-state index contributed by atoms with van der Waals surface area (Å²) in [6.07, 6.45) is -0.845. The van der Waals surface area contributed by atoms with Gasteiger partial charge in [-0.05, 0) is 36.6 Å². The SMILES string of the molecule is COc1ccc(C(Cc2ccccc2)C(c2ccc(N)c(C(C)O)c2O)S(N)(=O)=O)c(OC)c1. The van der Waals surface area contributed by atoms with E-state index in [2.05, 4.69) is 0 Å². The molecule has 0 heterocycles. The topological polar surface area (TPSA) is 145 Å². The fraction of sp³-hybridized carbons (Fsp3) is 0.280. The van der Waals surface area contributed by atoms with E-state index in [4.69, 9.17) is 20.3 Å². The third-order valence-corrected chi connectivity index (χ3v) is 7.15. The molecule has 0 spiro atoms. The summed E-state index contributed by atoms with van der Waals surface area (Å²) in [5.74, 6) is -0.202. The predicted octanol–water partition coefficient (Wildman–Crippen LogP) is 3.40. The first-order valence-corrected chi connectivity index (χ1v) is 12.3. The molecule has 0 saturated heterocycles. The van der Waals surface area contributed by atoms with E-state index in [-0.39, 0.29) is 23.2 Å². The van der Waals surface area contributed by atoms with E-state index in [1.165, 1.54) is 33.3 Å². The van der Waals surface area contributed by atoms with Crippen LogP contribution in [0.1, 0.15) is 46.4 Å². The highest BCUT2D eigenvalue weighted by Gasteiger charge is 2.38.